The highest BCUT2D eigenvalue weighted by Crippen LogP contribution is 2.15. The molecule has 5 nitrogen and oxygen atoms in total. The average molecular weight is 461 g/mol. The third-order valence-electron chi connectivity index (χ3n) is 4.07. The number of benzene rings is 2. The van der Waals surface area contributed by atoms with Crippen LogP contribution in [0.25, 0.3) is 11.3 Å². The third kappa shape index (κ3) is 5.32. The second-order valence-corrected chi connectivity index (χ2v) is 5.82. The predicted octanol–water partition coefficient (Wildman–Crippen LogP) is 3.87. The molecular weight excluding hydrogens is 437 g/mol. The highest BCUT2D eigenvalue weighted by molar-refractivity contribution is 14.0. The minimum Gasteiger partial charge on any atom is -0.352 e. The summed E-state index contributed by atoms with van der Waals surface area (Å²) in [6, 6.07) is 18.5. The first-order valence-electron chi connectivity index (χ1n) is 8.34. The molecule has 0 atom stereocenters. The van der Waals surface area contributed by atoms with E-state index < -0.39 is 0 Å². The Morgan fingerprint density at radius 1 is 1.00 bits per heavy atom. The zero-order valence-electron chi connectivity index (χ0n) is 15.0. The molecule has 0 aliphatic carbocycles. The Morgan fingerprint density at radius 2 is 1.69 bits per heavy atom. The number of halogens is 1. The number of nitrogens with one attached hydrogen (secondary N) is 3. The van der Waals surface area contributed by atoms with Crippen LogP contribution >= 0.6 is 24.0 Å². The Hall–Kier alpha value is -2.35. The zero-order valence-corrected chi connectivity index (χ0v) is 17.3. The number of aryl methyl sites for hydroxylation is 1. The number of hydrogen-bond donors (Lipinski definition) is 3. The van der Waals surface area contributed by atoms with Gasteiger partial charge in [0.25, 0.3) is 0 Å². The SMILES string of the molecule is CN=C(NCc1ncc(-c2ccccc2)[nH]1)NCc1ccccc1C.I. The minimum absolute atomic E-state index is 0. The van der Waals surface area contributed by atoms with E-state index in [1.807, 2.05) is 36.5 Å². The molecule has 2 aromatic carbocycles. The average Bonchev–Trinajstić information content (AvgIpc) is 3.13. The first-order valence-corrected chi connectivity index (χ1v) is 8.34. The smallest absolute Gasteiger partial charge is 0.191 e. The van der Waals surface area contributed by atoms with E-state index in [1.54, 1.807) is 7.05 Å². The number of aliphatic imine (C=N–C) groups is 1. The van der Waals surface area contributed by atoms with E-state index in [1.165, 1.54) is 11.1 Å². The number of imidazole rings is 1. The Morgan fingerprint density at radius 3 is 2.42 bits per heavy atom. The summed E-state index contributed by atoms with van der Waals surface area (Å²) in [5.41, 5.74) is 4.67. The van der Waals surface area contributed by atoms with Crippen molar-refractivity contribution in [3.63, 3.8) is 0 Å². The molecule has 0 bridgehead atoms. The fraction of sp³-hybridized carbons (Fsp3) is 0.200. The van der Waals surface area contributed by atoms with Crippen LogP contribution in [0.4, 0.5) is 0 Å². The fourth-order valence-electron chi connectivity index (χ4n) is 2.59. The lowest BCUT2D eigenvalue weighted by Crippen LogP contribution is -2.36. The largest absolute Gasteiger partial charge is 0.352 e. The van der Waals surface area contributed by atoms with Crippen LogP contribution in [0.5, 0.6) is 0 Å². The summed E-state index contributed by atoms with van der Waals surface area (Å²) in [4.78, 5) is 12.0. The Bertz CT molecular complexity index is 842. The lowest BCUT2D eigenvalue weighted by Gasteiger charge is -2.12. The predicted molar refractivity (Wildman–Crippen MR) is 118 cm³/mol. The number of guanidine groups is 1. The molecule has 26 heavy (non-hydrogen) atoms. The van der Waals surface area contributed by atoms with Gasteiger partial charge in [-0.2, -0.15) is 0 Å². The maximum Gasteiger partial charge on any atom is 0.191 e. The molecule has 6 heteroatoms. The highest BCUT2D eigenvalue weighted by atomic mass is 127. The number of nitrogens with zero attached hydrogens (tertiary/aromatic N) is 2. The molecule has 136 valence electrons. The molecule has 0 fully saturated rings. The van der Waals surface area contributed by atoms with Crippen molar-refractivity contribution in [3.8, 4) is 11.3 Å². The molecule has 1 heterocycles. The molecule has 0 saturated heterocycles. The number of aromatic nitrogens is 2. The normalized spacial score (nSPS) is 10.9. The van der Waals surface area contributed by atoms with Crippen LogP contribution in [0, 0.1) is 6.92 Å². The molecule has 0 aliphatic rings. The van der Waals surface area contributed by atoms with Crippen LogP contribution < -0.4 is 10.6 Å². The lowest BCUT2D eigenvalue weighted by molar-refractivity contribution is 0.780. The molecule has 0 radical (unpaired) electrons. The van der Waals surface area contributed by atoms with Crippen molar-refractivity contribution in [2.45, 2.75) is 20.0 Å². The van der Waals surface area contributed by atoms with Crippen molar-refractivity contribution < 1.29 is 0 Å². The number of hydrogen-bond acceptors (Lipinski definition) is 2. The van der Waals surface area contributed by atoms with Crippen LogP contribution in [0.3, 0.4) is 0 Å². The van der Waals surface area contributed by atoms with Gasteiger partial charge in [0.2, 0.25) is 0 Å². The summed E-state index contributed by atoms with van der Waals surface area (Å²) in [5, 5.41) is 6.62. The van der Waals surface area contributed by atoms with Crippen LogP contribution in [0.1, 0.15) is 17.0 Å². The molecule has 0 spiro atoms. The molecule has 0 amide bonds. The van der Waals surface area contributed by atoms with Crippen LogP contribution in [-0.4, -0.2) is 23.0 Å². The number of H-pyrrole nitrogens is 1. The Kier molecular flexibility index (Phi) is 7.65. The third-order valence-corrected chi connectivity index (χ3v) is 4.07. The van der Waals surface area contributed by atoms with Gasteiger partial charge in [-0.15, -0.1) is 24.0 Å². The van der Waals surface area contributed by atoms with E-state index in [9.17, 15) is 0 Å². The second-order valence-electron chi connectivity index (χ2n) is 5.82. The molecule has 1 aromatic heterocycles. The van der Waals surface area contributed by atoms with Gasteiger partial charge < -0.3 is 15.6 Å². The first-order chi connectivity index (χ1) is 12.3. The van der Waals surface area contributed by atoms with Crippen molar-refractivity contribution >= 4 is 29.9 Å². The van der Waals surface area contributed by atoms with Crippen LogP contribution in [-0.2, 0) is 13.1 Å². The summed E-state index contributed by atoms with van der Waals surface area (Å²) >= 11 is 0. The molecule has 3 aromatic rings. The Balaban J connectivity index is 0.00000243. The maximum absolute atomic E-state index is 4.43. The maximum atomic E-state index is 4.43. The van der Waals surface area contributed by atoms with E-state index in [2.05, 4.69) is 56.8 Å². The molecular formula is C20H24IN5. The minimum atomic E-state index is 0. The highest BCUT2D eigenvalue weighted by Gasteiger charge is 2.05. The van der Waals surface area contributed by atoms with Crippen LogP contribution in [0.2, 0.25) is 0 Å². The van der Waals surface area contributed by atoms with Gasteiger partial charge in [0, 0.05) is 13.6 Å². The molecule has 0 unspecified atom stereocenters. The van der Waals surface area contributed by atoms with Crippen molar-refractivity contribution in [1.29, 1.82) is 0 Å². The summed E-state index contributed by atoms with van der Waals surface area (Å²) in [5.74, 6) is 1.62. The molecule has 3 rings (SSSR count). The van der Waals surface area contributed by atoms with Gasteiger partial charge >= 0.3 is 0 Å². The molecule has 0 saturated carbocycles. The molecule has 0 aliphatic heterocycles. The topological polar surface area (TPSA) is 65.1 Å². The van der Waals surface area contributed by atoms with E-state index in [0.717, 1.165) is 29.6 Å². The van der Waals surface area contributed by atoms with Crippen molar-refractivity contribution in [2.75, 3.05) is 7.05 Å². The monoisotopic (exact) mass is 461 g/mol. The zero-order chi connectivity index (χ0) is 17.5. The van der Waals surface area contributed by atoms with Gasteiger partial charge in [0.1, 0.15) is 5.82 Å². The van der Waals surface area contributed by atoms with Gasteiger partial charge in [-0.3, -0.25) is 4.99 Å². The van der Waals surface area contributed by atoms with Gasteiger partial charge in [0.15, 0.2) is 5.96 Å². The van der Waals surface area contributed by atoms with Gasteiger partial charge in [-0.05, 0) is 23.6 Å². The Labute approximate surface area is 171 Å². The number of aromatic amines is 1. The van der Waals surface area contributed by atoms with E-state index >= 15 is 0 Å². The summed E-state index contributed by atoms with van der Waals surface area (Å²) in [7, 11) is 1.77. The second kappa shape index (κ2) is 9.96. The standard InChI is InChI=1S/C20H23N5.HI/c1-15-8-6-7-11-17(15)12-23-20(21-2)24-14-19-22-13-18(25-19)16-9-4-3-5-10-16;/h3-11,13H,12,14H2,1-2H3,(H,22,25)(H2,21,23,24);1H. The summed E-state index contributed by atoms with van der Waals surface area (Å²) in [6.07, 6.45) is 1.86. The van der Waals surface area contributed by atoms with E-state index in [0.29, 0.717) is 6.54 Å². The fourth-order valence-corrected chi connectivity index (χ4v) is 2.59. The van der Waals surface area contributed by atoms with Gasteiger partial charge in [-0.25, -0.2) is 4.98 Å². The van der Waals surface area contributed by atoms with Crippen molar-refractivity contribution in [1.82, 2.24) is 20.6 Å². The first kappa shape index (κ1) is 20.0. The summed E-state index contributed by atoms with van der Waals surface area (Å²) < 4.78 is 0. The molecule has 3 N–H and O–H groups in total. The van der Waals surface area contributed by atoms with Crippen molar-refractivity contribution in [3.05, 3.63) is 77.7 Å². The van der Waals surface area contributed by atoms with Gasteiger partial charge in [-0.1, -0.05) is 54.6 Å². The van der Waals surface area contributed by atoms with Crippen LogP contribution in [0.15, 0.2) is 65.8 Å². The van der Waals surface area contributed by atoms with Gasteiger partial charge in [0.05, 0.1) is 18.4 Å². The van der Waals surface area contributed by atoms with E-state index in [4.69, 9.17) is 0 Å². The quantitative estimate of drug-likeness (QED) is 0.307. The summed E-state index contributed by atoms with van der Waals surface area (Å²) in [6.45, 7) is 3.43. The number of rotatable bonds is 5. The lowest BCUT2D eigenvalue weighted by atomic mass is 10.1. The van der Waals surface area contributed by atoms with E-state index in [-0.39, 0.29) is 24.0 Å². The van der Waals surface area contributed by atoms with Crippen molar-refractivity contribution in [2.24, 2.45) is 4.99 Å².